The van der Waals surface area contributed by atoms with Crippen molar-refractivity contribution in [1.82, 2.24) is 9.36 Å². The van der Waals surface area contributed by atoms with E-state index in [1.54, 1.807) is 11.8 Å². The molecule has 0 radical (unpaired) electrons. The molecular weight excluding hydrogens is 282 g/mol. The first-order valence-corrected chi connectivity index (χ1v) is 8.25. The SMILES string of the molecule is CCSc1cccc(Sc2nc(C)ns2)c1CN. The number of hydrogen-bond donors (Lipinski definition) is 1. The van der Waals surface area contributed by atoms with Gasteiger partial charge in [-0.05, 0) is 41.9 Å². The average molecular weight is 297 g/mol. The first kappa shape index (κ1) is 13.9. The lowest BCUT2D eigenvalue weighted by Crippen LogP contribution is -2.00. The molecule has 0 saturated carbocycles. The zero-order chi connectivity index (χ0) is 13.0. The summed E-state index contributed by atoms with van der Waals surface area (Å²) in [5.74, 6) is 1.88. The largest absolute Gasteiger partial charge is 0.326 e. The molecule has 0 amide bonds. The molecule has 0 fully saturated rings. The molecule has 3 nitrogen and oxygen atoms in total. The molecule has 1 aromatic heterocycles. The van der Waals surface area contributed by atoms with Gasteiger partial charge in [-0.15, -0.1) is 11.8 Å². The van der Waals surface area contributed by atoms with Crippen molar-refractivity contribution in [3.8, 4) is 0 Å². The van der Waals surface area contributed by atoms with Crippen LogP contribution < -0.4 is 5.73 Å². The molecule has 2 rings (SSSR count). The van der Waals surface area contributed by atoms with Gasteiger partial charge >= 0.3 is 0 Å². The molecule has 2 aromatic rings. The topological polar surface area (TPSA) is 51.8 Å². The summed E-state index contributed by atoms with van der Waals surface area (Å²) in [5.41, 5.74) is 7.09. The van der Waals surface area contributed by atoms with E-state index in [-0.39, 0.29) is 0 Å². The molecule has 0 spiro atoms. The molecule has 0 aliphatic rings. The summed E-state index contributed by atoms with van der Waals surface area (Å²) >= 11 is 4.92. The van der Waals surface area contributed by atoms with Crippen LogP contribution in [0.15, 0.2) is 32.3 Å². The lowest BCUT2D eigenvalue weighted by Gasteiger charge is -2.10. The monoisotopic (exact) mass is 297 g/mol. The first-order chi connectivity index (χ1) is 8.74. The fraction of sp³-hybridized carbons (Fsp3) is 0.333. The van der Waals surface area contributed by atoms with Gasteiger partial charge in [0.2, 0.25) is 0 Å². The van der Waals surface area contributed by atoms with Gasteiger partial charge in [-0.25, -0.2) is 4.98 Å². The van der Waals surface area contributed by atoms with E-state index in [0.29, 0.717) is 6.54 Å². The van der Waals surface area contributed by atoms with Gasteiger partial charge in [-0.2, -0.15) is 4.37 Å². The number of nitrogens with two attached hydrogens (primary N) is 1. The normalized spacial score (nSPS) is 10.8. The predicted octanol–water partition coefficient (Wildman–Crippen LogP) is 3.57. The van der Waals surface area contributed by atoms with Crippen LogP contribution >= 0.6 is 35.1 Å². The molecule has 0 unspecified atom stereocenters. The summed E-state index contributed by atoms with van der Waals surface area (Å²) in [4.78, 5) is 6.84. The lowest BCUT2D eigenvalue weighted by atomic mass is 10.2. The second kappa shape index (κ2) is 6.56. The highest BCUT2D eigenvalue weighted by molar-refractivity contribution is 8.01. The summed E-state index contributed by atoms with van der Waals surface area (Å²) in [5, 5.41) is 0. The standard InChI is InChI=1S/C12H15N3S3/c1-3-16-10-5-4-6-11(9(10)7-13)17-12-14-8(2)15-18-12/h4-6H,3,7,13H2,1-2H3. The Balaban J connectivity index is 2.29. The first-order valence-electron chi connectivity index (χ1n) is 5.67. The van der Waals surface area contributed by atoms with Crippen LogP contribution in [0.1, 0.15) is 18.3 Å². The van der Waals surface area contributed by atoms with Crippen LogP contribution in [0.2, 0.25) is 0 Å². The summed E-state index contributed by atoms with van der Waals surface area (Å²) in [6.07, 6.45) is 0. The molecule has 2 N–H and O–H groups in total. The minimum Gasteiger partial charge on any atom is -0.326 e. The summed E-state index contributed by atoms with van der Waals surface area (Å²) in [6, 6.07) is 6.31. The number of nitrogens with zero attached hydrogens (tertiary/aromatic N) is 2. The highest BCUT2D eigenvalue weighted by Crippen LogP contribution is 2.35. The van der Waals surface area contributed by atoms with Crippen molar-refractivity contribution in [2.24, 2.45) is 5.73 Å². The van der Waals surface area contributed by atoms with Crippen LogP contribution in [-0.2, 0) is 6.54 Å². The van der Waals surface area contributed by atoms with E-state index in [1.807, 2.05) is 18.7 Å². The zero-order valence-electron chi connectivity index (χ0n) is 10.3. The van der Waals surface area contributed by atoms with Gasteiger partial charge in [0.05, 0.1) is 0 Å². The minimum atomic E-state index is 0.559. The fourth-order valence-electron chi connectivity index (χ4n) is 1.55. The van der Waals surface area contributed by atoms with E-state index in [4.69, 9.17) is 5.73 Å². The van der Waals surface area contributed by atoms with Crippen LogP contribution in [0.25, 0.3) is 0 Å². The maximum absolute atomic E-state index is 5.88. The Bertz CT molecular complexity index is 525. The summed E-state index contributed by atoms with van der Waals surface area (Å²) in [7, 11) is 0. The van der Waals surface area contributed by atoms with Crippen molar-refractivity contribution in [2.45, 2.75) is 34.5 Å². The van der Waals surface area contributed by atoms with Crippen molar-refractivity contribution < 1.29 is 0 Å². The molecule has 1 heterocycles. The van der Waals surface area contributed by atoms with E-state index in [0.717, 1.165) is 15.9 Å². The van der Waals surface area contributed by atoms with Gasteiger partial charge in [0.1, 0.15) is 5.82 Å². The second-order valence-corrected chi connectivity index (χ2v) is 6.93. The molecular formula is C12H15N3S3. The number of benzene rings is 1. The number of rotatable bonds is 5. The highest BCUT2D eigenvalue weighted by atomic mass is 32.2. The molecule has 0 atom stereocenters. The smallest absolute Gasteiger partial charge is 0.174 e. The zero-order valence-corrected chi connectivity index (χ0v) is 12.8. The summed E-state index contributed by atoms with van der Waals surface area (Å²) < 4.78 is 5.17. The van der Waals surface area contributed by atoms with Gasteiger partial charge in [-0.3, -0.25) is 0 Å². The second-order valence-electron chi connectivity index (χ2n) is 3.58. The molecule has 6 heteroatoms. The molecule has 0 aliphatic heterocycles. The number of aromatic nitrogens is 2. The van der Waals surface area contributed by atoms with Gasteiger partial charge < -0.3 is 5.73 Å². The lowest BCUT2D eigenvalue weighted by molar-refractivity contribution is 0.978. The third kappa shape index (κ3) is 3.26. The number of aryl methyl sites for hydroxylation is 1. The highest BCUT2D eigenvalue weighted by Gasteiger charge is 2.10. The Morgan fingerprint density at radius 1 is 1.33 bits per heavy atom. The van der Waals surface area contributed by atoms with Crippen LogP contribution in [0.3, 0.4) is 0 Å². The third-order valence-corrected chi connectivity index (χ3v) is 5.23. The van der Waals surface area contributed by atoms with Crippen LogP contribution in [0.4, 0.5) is 0 Å². The van der Waals surface area contributed by atoms with E-state index in [2.05, 4.69) is 34.5 Å². The van der Waals surface area contributed by atoms with E-state index in [9.17, 15) is 0 Å². The van der Waals surface area contributed by atoms with Crippen LogP contribution in [0.5, 0.6) is 0 Å². The molecule has 1 aromatic carbocycles. The van der Waals surface area contributed by atoms with Crippen molar-refractivity contribution in [3.05, 3.63) is 29.6 Å². The average Bonchev–Trinajstić information content (AvgIpc) is 2.76. The van der Waals surface area contributed by atoms with E-state index < -0.39 is 0 Å². The van der Waals surface area contributed by atoms with E-state index >= 15 is 0 Å². The number of hydrogen-bond acceptors (Lipinski definition) is 6. The van der Waals surface area contributed by atoms with Crippen molar-refractivity contribution in [3.63, 3.8) is 0 Å². The van der Waals surface area contributed by atoms with Crippen molar-refractivity contribution >= 4 is 35.1 Å². The Morgan fingerprint density at radius 2 is 2.11 bits per heavy atom. The molecule has 0 bridgehead atoms. The van der Waals surface area contributed by atoms with Crippen LogP contribution in [-0.4, -0.2) is 15.1 Å². The Hall–Kier alpha value is -0.560. The van der Waals surface area contributed by atoms with Gasteiger partial charge in [0.25, 0.3) is 0 Å². The van der Waals surface area contributed by atoms with Crippen molar-refractivity contribution in [2.75, 3.05) is 5.75 Å². The van der Waals surface area contributed by atoms with Gasteiger partial charge in [0.15, 0.2) is 4.34 Å². The maximum atomic E-state index is 5.88. The van der Waals surface area contributed by atoms with Crippen molar-refractivity contribution in [1.29, 1.82) is 0 Å². The molecule has 0 aliphatic carbocycles. The Kier molecular flexibility index (Phi) is 5.05. The van der Waals surface area contributed by atoms with E-state index in [1.165, 1.54) is 26.9 Å². The quantitative estimate of drug-likeness (QED) is 0.855. The van der Waals surface area contributed by atoms with Gasteiger partial charge in [-0.1, -0.05) is 24.8 Å². The molecule has 18 heavy (non-hydrogen) atoms. The minimum absolute atomic E-state index is 0.559. The predicted molar refractivity (Wildman–Crippen MR) is 79.5 cm³/mol. The third-order valence-electron chi connectivity index (χ3n) is 2.30. The van der Waals surface area contributed by atoms with Gasteiger partial charge in [0, 0.05) is 16.3 Å². The Morgan fingerprint density at radius 3 is 2.72 bits per heavy atom. The van der Waals surface area contributed by atoms with Crippen LogP contribution in [0, 0.1) is 6.92 Å². The number of thioether (sulfide) groups is 1. The Labute approximate surface area is 120 Å². The fourth-order valence-corrected chi connectivity index (χ4v) is 4.25. The molecule has 96 valence electrons. The maximum Gasteiger partial charge on any atom is 0.174 e. The summed E-state index contributed by atoms with van der Waals surface area (Å²) in [6.45, 7) is 4.62. The molecule has 0 saturated heterocycles.